The summed E-state index contributed by atoms with van der Waals surface area (Å²) >= 11 is 0. The quantitative estimate of drug-likeness (QED) is 0.490. The molecule has 0 saturated carbocycles. The van der Waals surface area contributed by atoms with Crippen LogP contribution in [0.25, 0.3) is 0 Å². The topological polar surface area (TPSA) is 89.3 Å². The third-order valence-corrected chi connectivity index (χ3v) is 1.64. The molecule has 0 aromatic carbocycles. The van der Waals surface area contributed by atoms with Crippen LogP contribution in [0.15, 0.2) is 0 Å². The van der Waals surface area contributed by atoms with Crippen LogP contribution in [0.2, 0.25) is 0 Å². The lowest BCUT2D eigenvalue weighted by Crippen LogP contribution is -2.44. The zero-order chi connectivity index (χ0) is 8.91. The maximum Gasteiger partial charge on any atom is 0.323 e. The maximum absolute atomic E-state index is 10.5. The number of carbonyl (C=O) groups is 1. The molecule has 0 fully saturated rings. The highest BCUT2D eigenvalue weighted by molar-refractivity contribution is 5.77. The summed E-state index contributed by atoms with van der Waals surface area (Å²) in [5, 5.41) is 8.58. The van der Waals surface area contributed by atoms with Crippen molar-refractivity contribution in [2.24, 2.45) is 11.5 Å². The summed E-state index contributed by atoms with van der Waals surface area (Å²) in [6, 6.07) is 0. The highest BCUT2D eigenvalue weighted by atomic mass is 16.4. The Kier molecular flexibility index (Phi) is 4.07. The molecule has 0 spiro atoms. The van der Waals surface area contributed by atoms with Crippen LogP contribution in [-0.4, -0.2) is 23.2 Å². The molecule has 0 radical (unpaired) electrons. The van der Waals surface area contributed by atoms with Gasteiger partial charge in [-0.25, -0.2) is 0 Å². The van der Waals surface area contributed by atoms with E-state index >= 15 is 0 Å². The van der Waals surface area contributed by atoms with E-state index in [1.807, 2.05) is 0 Å². The summed E-state index contributed by atoms with van der Waals surface area (Å²) in [6.45, 7) is 2.11. The SMILES string of the molecule is C[C@@](N)(CCCCN)C(=O)O. The van der Waals surface area contributed by atoms with Gasteiger partial charge in [-0.3, -0.25) is 4.79 Å². The van der Waals surface area contributed by atoms with E-state index in [-0.39, 0.29) is 0 Å². The molecular formula is C7H16N2O2. The van der Waals surface area contributed by atoms with Crippen LogP contribution in [-0.2, 0) is 4.79 Å². The Morgan fingerprint density at radius 3 is 2.45 bits per heavy atom. The lowest BCUT2D eigenvalue weighted by molar-refractivity contribution is -0.142. The standard InChI is InChI=1S/C7H16N2O2/c1-7(9,6(10)11)4-2-3-5-8/h2-5,8-9H2,1H3,(H,10,11)/t7-/m1/s1. The molecule has 0 amide bonds. The third-order valence-electron chi connectivity index (χ3n) is 1.64. The first kappa shape index (κ1) is 10.4. The number of hydrogen-bond acceptors (Lipinski definition) is 3. The Balaban J connectivity index is 3.64. The summed E-state index contributed by atoms with van der Waals surface area (Å²) in [6.07, 6.45) is 2.09. The number of hydrogen-bond donors (Lipinski definition) is 3. The molecule has 0 aromatic rings. The van der Waals surface area contributed by atoms with Crippen molar-refractivity contribution in [3.05, 3.63) is 0 Å². The largest absolute Gasteiger partial charge is 0.480 e. The molecule has 4 heteroatoms. The molecule has 0 aromatic heterocycles. The summed E-state index contributed by atoms with van der Waals surface area (Å²) < 4.78 is 0. The molecule has 0 aliphatic carbocycles. The number of rotatable bonds is 5. The Morgan fingerprint density at radius 1 is 1.55 bits per heavy atom. The van der Waals surface area contributed by atoms with Gasteiger partial charge in [0.2, 0.25) is 0 Å². The predicted octanol–water partition coefficient (Wildman–Crippen LogP) is -0.0826. The molecule has 0 aliphatic rings. The summed E-state index contributed by atoms with van der Waals surface area (Å²) in [5.74, 6) is -0.950. The fourth-order valence-electron chi connectivity index (χ4n) is 0.743. The van der Waals surface area contributed by atoms with Gasteiger partial charge in [0.05, 0.1) is 0 Å². The Labute approximate surface area is 66.6 Å². The van der Waals surface area contributed by atoms with E-state index in [4.69, 9.17) is 16.6 Å². The minimum absolute atomic E-state index is 0.486. The van der Waals surface area contributed by atoms with Crippen LogP contribution in [0.3, 0.4) is 0 Å². The molecule has 0 heterocycles. The normalized spacial score (nSPS) is 15.9. The van der Waals surface area contributed by atoms with Gasteiger partial charge in [-0.05, 0) is 32.7 Å². The first-order chi connectivity index (χ1) is 5.00. The van der Waals surface area contributed by atoms with Crippen LogP contribution in [0, 0.1) is 0 Å². The van der Waals surface area contributed by atoms with E-state index < -0.39 is 11.5 Å². The molecule has 1 atom stereocenters. The first-order valence-electron chi connectivity index (χ1n) is 3.73. The second kappa shape index (κ2) is 4.31. The molecule has 66 valence electrons. The van der Waals surface area contributed by atoms with Gasteiger partial charge in [0.15, 0.2) is 0 Å². The van der Waals surface area contributed by atoms with Gasteiger partial charge in [-0.15, -0.1) is 0 Å². The number of unbranched alkanes of at least 4 members (excludes halogenated alkanes) is 1. The van der Waals surface area contributed by atoms with Gasteiger partial charge in [0, 0.05) is 0 Å². The highest BCUT2D eigenvalue weighted by Gasteiger charge is 2.26. The van der Waals surface area contributed by atoms with Crippen LogP contribution in [0.1, 0.15) is 26.2 Å². The molecule has 11 heavy (non-hydrogen) atoms. The zero-order valence-corrected chi connectivity index (χ0v) is 6.84. The van der Waals surface area contributed by atoms with Crippen LogP contribution in [0.4, 0.5) is 0 Å². The Bertz CT molecular complexity index is 134. The molecular weight excluding hydrogens is 144 g/mol. The van der Waals surface area contributed by atoms with E-state index in [0.29, 0.717) is 13.0 Å². The Hall–Kier alpha value is -0.610. The fraction of sp³-hybridized carbons (Fsp3) is 0.857. The summed E-state index contributed by atoms with van der Waals surface area (Å²) in [7, 11) is 0. The van der Waals surface area contributed by atoms with Crippen molar-refractivity contribution >= 4 is 5.97 Å². The smallest absolute Gasteiger partial charge is 0.323 e. The average Bonchev–Trinajstić information content (AvgIpc) is 1.88. The van der Waals surface area contributed by atoms with Crippen molar-refractivity contribution in [2.75, 3.05) is 6.54 Å². The number of aliphatic carboxylic acids is 1. The van der Waals surface area contributed by atoms with Gasteiger partial charge in [0.25, 0.3) is 0 Å². The lowest BCUT2D eigenvalue weighted by atomic mass is 9.96. The summed E-state index contributed by atoms with van der Waals surface area (Å²) in [5.41, 5.74) is 9.62. The lowest BCUT2D eigenvalue weighted by Gasteiger charge is -2.18. The zero-order valence-electron chi connectivity index (χ0n) is 6.84. The Morgan fingerprint density at radius 2 is 2.09 bits per heavy atom. The number of carboxylic acid groups (broad SMARTS) is 1. The molecule has 0 aliphatic heterocycles. The van der Waals surface area contributed by atoms with E-state index in [0.717, 1.165) is 12.8 Å². The van der Waals surface area contributed by atoms with E-state index in [1.165, 1.54) is 6.92 Å². The second-order valence-corrected chi connectivity index (χ2v) is 2.97. The van der Waals surface area contributed by atoms with E-state index in [1.54, 1.807) is 0 Å². The van der Waals surface area contributed by atoms with Crippen molar-refractivity contribution in [3.63, 3.8) is 0 Å². The van der Waals surface area contributed by atoms with Gasteiger partial charge in [-0.1, -0.05) is 0 Å². The van der Waals surface area contributed by atoms with Gasteiger partial charge in [0.1, 0.15) is 5.54 Å². The third kappa shape index (κ3) is 3.95. The molecule has 4 nitrogen and oxygen atoms in total. The van der Waals surface area contributed by atoms with E-state index in [2.05, 4.69) is 0 Å². The summed E-state index contributed by atoms with van der Waals surface area (Å²) in [4.78, 5) is 10.5. The minimum atomic E-state index is -1.09. The molecule has 5 N–H and O–H groups in total. The van der Waals surface area contributed by atoms with Crippen molar-refractivity contribution in [1.29, 1.82) is 0 Å². The first-order valence-corrected chi connectivity index (χ1v) is 3.73. The molecule has 0 rings (SSSR count). The number of carboxylic acids is 1. The van der Waals surface area contributed by atoms with Crippen LogP contribution >= 0.6 is 0 Å². The van der Waals surface area contributed by atoms with Crippen molar-refractivity contribution in [2.45, 2.75) is 31.7 Å². The molecule has 0 saturated heterocycles. The van der Waals surface area contributed by atoms with Crippen molar-refractivity contribution in [3.8, 4) is 0 Å². The maximum atomic E-state index is 10.5. The number of nitrogens with two attached hydrogens (primary N) is 2. The minimum Gasteiger partial charge on any atom is -0.480 e. The van der Waals surface area contributed by atoms with Gasteiger partial charge >= 0.3 is 5.97 Å². The van der Waals surface area contributed by atoms with Crippen LogP contribution < -0.4 is 11.5 Å². The van der Waals surface area contributed by atoms with E-state index in [9.17, 15) is 4.79 Å². The fourth-order valence-corrected chi connectivity index (χ4v) is 0.743. The second-order valence-electron chi connectivity index (χ2n) is 2.97. The van der Waals surface area contributed by atoms with Crippen molar-refractivity contribution < 1.29 is 9.90 Å². The van der Waals surface area contributed by atoms with Crippen LogP contribution in [0.5, 0.6) is 0 Å². The highest BCUT2D eigenvalue weighted by Crippen LogP contribution is 2.09. The molecule has 0 unspecified atom stereocenters. The molecule has 0 bridgehead atoms. The van der Waals surface area contributed by atoms with Crippen molar-refractivity contribution in [1.82, 2.24) is 0 Å². The average molecular weight is 160 g/mol. The van der Waals surface area contributed by atoms with Gasteiger partial charge < -0.3 is 16.6 Å². The monoisotopic (exact) mass is 160 g/mol. The van der Waals surface area contributed by atoms with Gasteiger partial charge in [-0.2, -0.15) is 0 Å². The predicted molar refractivity (Wildman–Crippen MR) is 43.1 cm³/mol.